The molecule has 2 rings (SSSR count). The predicted octanol–water partition coefficient (Wildman–Crippen LogP) is 3.51. The highest BCUT2D eigenvalue weighted by molar-refractivity contribution is 6.35. The molecule has 9 heteroatoms. The van der Waals surface area contributed by atoms with Crippen molar-refractivity contribution in [3.05, 3.63) is 45.9 Å². The molecule has 0 fully saturated rings. The van der Waals surface area contributed by atoms with Crippen LogP contribution in [0.2, 0.25) is 10.0 Å². The highest BCUT2D eigenvalue weighted by Crippen LogP contribution is 2.30. The summed E-state index contributed by atoms with van der Waals surface area (Å²) in [5, 5.41) is 18.5. The number of halogens is 2. The van der Waals surface area contributed by atoms with Crippen molar-refractivity contribution in [3.63, 3.8) is 0 Å². The van der Waals surface area contributed by atoms with E-state index in [1.54, 1.807) is 18.2 Å². The van der Waals surface area contributed by atoms with Crippen LogP contribution in [0.1, 0.15) is 5.56 Å². The van der Waals surface area contributed by atoms with Gasteiger partial charge in [-0.15, -0.1) is 0 Å². The van der Waals surface area contributed by atoms with E-state index in [-0.39, 0.29) is 11.6 Å². The lowest BCUT2D eigenvalue weighted by Gasteiger charge is -2.14. The quantitative estimate of drug-likeness (QED) is 0.490. The minimum absolute atomic E-state index is 0.268. The Morgan fingerprint density at radius 1 is 1.15 bits per heavy atom. The van der Waals surface area contributed by atoms with Crippen molar-refractivity contribution in [1.29, 1.82) is 0 Å². The molecule has 0 radical (unpaired) electrons. The Morgan fingerprint density at radius 2 is 1.88 bits per heavy atom. The largest absolute Gasteiger partial charge is 0.497 e. The van der Waals surface area contributed by atoms with Crippen molar-refractivity contribution >= 4 is 46.3 Å². The van der Waals surface area contributed by atoms with Crippen LogP contribution in [-0.4, -0.2) is 31.3 Å². The average molecular weight is 399 g/mol. The first-order valence-electron chi connectivity index (χ1n) is 7.76. The second-order valence-electron chi connectivity index (χ2n) is 5.32. The maximum Gasteiger partial charge on any atom is 0.323 e. The number of amides is 2. The first kappa shape index (κ1) is 20.1. The van der Waals surface area contributed by atoms with Crippen LogP contribution in [0.3, 0.4) is 0 Å². The van der Waals surface area contributed by atoms with Crippen molar-refractivity contribution < 1.29 is 14.6 Å². The molecule has 0 bridgehead atoms. The molecule has 0 saturated carbocycles. The van der Waals surface area contributed by atoms with Gasteiger partial charge in [0.2, 0.25) is 0 Å². The molecule has 0 unspecified atom stereocenters. The topological polar surface area (TPSA) is 109 Å². The Hall–Kier alpha value is -2.19. The summed E-state index contributed by atoms with van der Waals surface area (Å²) in [6.07, 6.45) is 0. The lowest BCUT2D eigenvalue weighted by molar-refractivity contribution is 0.262. The van der Waals surface area contributed by atoms with Crippen LogP contribution in [0, 0.1) is 0 Å². The molecule has 0 heterocycles. The number of rotatable bonds is 7. The number of ether oxygens (including phenoxy) is 1. The number of aliphatic hydroxyl groups excluding tert-OH is 1. The first-order chi connectivity index (χ1) is 12.5. The molecule has 0 aliphatic carbocycles. The molecule has 0 spiro atoms. The van der Waals surface area contributed by atoms with Gasteiger partial charge in [-0.2, -0.15) is 0 Å². The van der Waals surface area contributed by atoms with Crippen molar-refractivity contribution in [1.82, 2.24) is 0 Å². The average Bonchev–Trinajstić information content (AvgIpc) is 2.59. The van der Waals surface area contributed by atoms with Crippen LogP contribution in [0.25, 0.3) is 0 Å². The molecule has 2 aromatic carbocycles. The Kier molecular flexibility index (Phi) is 7.35. The summed E-state index contributed by atoms with van der Waals surface area (Å²) >= 11 is 12.0. The SMILES string of the molecule is COc1cc(NCCN)cc(NC(=O)Nc2cc(Cl)cc(Cl)c2CO)c1. The number of urea groups is 1. The van der Waals surface area contributed by atoms with E-state index in [9.17, 15) is 9.90 Å². The van der Waals surface area contributed by atoms with E-state index >= 15 is 0 Å². The van der Waals surface area contributed by atoms with Crippen LogP contribution >= 0.6 is 23.2 Å². The molecule has 7 nitrogen and oxygen atoms in total. The summed E-state index contributed by atoms with van der Waals surface area (Å²) < 4.78 is 5.23. The van der Waals surface area contributed by atoms with Crippen LogP contribution in [0.4, 0.5) is 21.9 Å². The number of carbonyl (C=O) groups is 1. The van der Waals surface area contributed by atoms with E-state index in [1.165, 1.54) is 19.2 Å². The molecule has 140 valence electrons. The zero-order valence-electron chi connectivity index (χ0n) is 14.1. The van der Waals surface area contributed by atoms with Crippen LogP contribution in [0.5, 0.6) is 5.75 Å². The molecule has 0 aliphatic rings. The number of nitrogens with two attached hydrogens (primary N) is 1. The monoisotopic (exact) mass is 398 g/mol. The Labute approximate surface area is 161 Å². The van der Waals surface area contributed by atoms with Gasteiger partial charge in [0.05, 0.1) is 19.4 Å². The second kappa shape index (κ2) is 9.49. The second-order valence-corrected chi connectivity index (χ2v) is 6.16. The normalized spacial score (nSPS) is 10.3. The molecule has 0 aliphatic heterocycles. The molecule has 0 aromatic heterocycles. The number of benzene rings is 2. The van der Waals surface area contributed by atoms with Gasteiger partial charge < -0.3 is 31.5 Å². The molecule has 26 heavy (non-hydrogen) atoms. The predicted molar refractivity (Wildman–Crippen MR) is 106 cm³/mol. The number of hydrogen-bond acceptors (Lipinski definition) is 5. The minimum atomic E-state index is -0.518. The third-order valence-corrected chi connectivity index (χ3v) is 4.00. The maximum atomic E-state index is 12.3. The molecule has 0 saturated heterocycles. The number of hydrogen-bond donors (Lipinski definition) is 5. The van der Waals surface area contributed by atoms with Gasteiger partial charge in [-0.3, -0.25) is 0 Å². The lowest BCUT2D eigenvalue weighted by atomic mass is 10.2. The van der Waals surface area contributed by atoms with Crippen LogP contribution < -0.4 is 26.4 Å². The number of nitrogens with one attached hydrogen (secondary N) is 3. The summed E-state index contributed by atoms with van der Waals surface area (Å²) in [6, 6.07) is 7.70. The summed E-state index contributed by atoms with van der Waals surface area (Å²) in [5.41, 5.74) is 7.46. The standard InChI is InChI=1S/C17H20Cl2N4O3/c1-26-13-7-11(21-3-2-20)6-12(8-13)22-17(25)23-16-5-10(18)4-15(19)14(16)9-24/h4-8,21,24H,2-3,9,20H2,1H3,(H2,22,23,25). The van der Waals surface area contributed by atoms with Crippen molar-refractivity contribution in [3.8, 4) is 5.75 Å². The van der Waals surface area contributed by atoms with Crippen molar-refractivity contribution in [2.24, 2.45) is 5.73 Å². The molecular formula is C17H20Cl2N4O3. The van der Waals surface area contributed by atoms with Crippen LogP contribution in [-0.2, 0) is 6.61 Å². The molecule has 2 aromatic rings. The number of aliphatic hydroxyl groups is 1. The van der Waals surface area contributed by atoms with E-state index in [4.69, 9.17) is 33.7 Å². The van der Waals surface area contributed by atoms with Crippen molar-refractivity contribution in [2.75, 3.05) is 36.1 Å². The zero-order chi connectivity index (χ0) is 19.1. The van der Waals surface area contributed by atoms with Gasteiger partial charge in [0.15, 0.2) is 0 Å². The molecule has 6 N–H and O–H groups in total. The van der Waals surface area contributed by atoms with E-state index in [0.29, 0.717) is 40.8 Å². The van der Waals surface area contributed by atoms with Gasteiger partial charge in [-0.1, -0.05) is 23.2 Å². The fraction of sp³-hybridized carbons (Fsp3) is 0.235. The Morgan fingerprint density at radius 3 is 2.54 bits per heavy atom. The van der Waals surface area contributed by atoms with Gasteiger partial charge in [-0.05, 0) is 18.2 Å². The maximum absolute atomic E-state index is 12.3. The first-order valence-corrected chi connectivity index (χ1v) is 8.52. The van der Waals surface area contributed by atoms with Gasteiger partial charge in [-0.25, -0.2) is 4.79 Å². The molecular weight excluding hydrogens is 379 g/mol. The number of anilines is 3. The smallest absolute Gasteiger partial charge is 0.323 e. The third-order valence-electron chi connectivity index (χ3n) is 3.44. The summed E-state index contributed by atoms with van der Waals surface area (Å²) in [4.78, 5) is 12.3. The number of carbonyl (C=O) groups excluding carboxylic acids is 1. The Balaban J connectivity index is 2.17. The van der Waals surface area contributed by atoms with E-state index < -0.39 is 6.03 Å². The summed E-state index contributed by atoms with van der Waals surface area (Å²) in [6.45, 7) is 0.720. The molecule has 0 atom stereocenters. The van der Waals surface area contributed by atoms with Crippen LogP contribution in [0.15, 0.2) is 30.3 Å². The van der Waals surface area contributed by atoms with Gasteiger partial charge >= 0.3 is 6.03 Å². The summed E-state index contributed by atoms with van der Waals surface area (Å²) in [5.74, 6) is 0.573. The van der Waals surface area contributed by atoms with E-state index in [1.807, 2.05) is 0 Å². The van der Waals surface area contributed by atoms with Gasteiger partial charge in [0.25, 0.3) is 0 Å². The van der Waals surface area contributed by atoms with E-state index in [2.05, 4.69) is 16.0 Å². The Bertz CT molecular complexity index is 787. The zero-order valence-corrected chi connectivity index (χ0v) is 15.6. The molecule has 2 amide bonds. The number of methoxy groups -OCH3 is 1. The fourth-order valence-electron chi connectivity index (χ4n) is 2.27. The van der Waals surface area contributed by atoms with Gasteiger partial charge in [0, 0.05) is 52.2 Å². The van der Waals surface area contributed by atoms with Crippen molar-refractivity contribution in [2.45, 2.75) is 6.61 Å². The lowest BCUT2D eigenvalue weighted by Crippen LogP contribution is -2.20. The fourth-order valence-corrected chi connectivity index (χ4v) is 2.82. The van der Waals surface area contributed by atoms with E-state index in [0.717, 1.165) is 5.69 Å². The highest BCUT2D eigenvalue weighted by Gasteiger charge is 2.12. The third kappa shape index (κ3) is 5.40. The highest BCUT2D eigenvalue weighted by atomic mass is 35.5. The van der Waals surface area contributed by atoms with Gasteiger partial charge in [0.1, 0.15) is 5.75 Å². The minimum Gasteiger partial charge on any atom is -0.497 e. The summed E-state index contributed by atoms with van der Waals surface area (Å²) in [7, 11) is 1.54.